The van der Waals surface area contributed by atoms with Crippen LogP contribution < -0.4 is 5.73 Å². The number of hydrogen-bond acceptors (Lipinski definition) is 3. The summed E-state index contributed by atoms with van der Waals surface area (Å²) in [6.45, 7) is 4.32. The first kappa shape index (κ1) is 11.6. The van der Waals surface area contributed by atoms with E-state index in [1.54, 1.807) is 0 Å². The lowest BCUT2D eigenvalue weighted by atomic mass is 10.00. The van der Waals surface area contributed by atoms with E-state index in [9.17, 15) is 9.59 Å². The van der Waals surface area contributed by atoms with E-state index in [0.29, 0.717) is 12.5 Å². The minimum absolute atomic E-state index is 0.0169. The number of likely N-dealkylation sites (tertiary alicyclic amines) is 1. The van der Waals surface area contributed by atoms with Gasteiger partial charge in [0.2, 0.25) is 11.8 Å². The van der Waals surface area contributed by atoms with Crippen LogP contribution >= 0.6 is 0 Å². The molecule has 0 radical (unpaired) electrons. The van der Waals surface area contributed by atoms with E-state index in [2.05, 4.69) is 6.92 Å². The molecule has 4 heteroatoms. The fourth-order valence-electron chi connectivity index (χ4n) is 3.00. The number of fused-ring (bicyclic) bond motifs is 1. The molecule has 1 heterocycles. The smallest absolute Gasteiger partial charge is 0.233 e. The third kappa shape index (κ3) is 1.75. The monoisotopic (exact) mass is 224 g/mol. The maximum Gasteiger partial charge on any atom is 0.233 e. The van der Waals surface area contributed by atoms with Gasteiger partial charge in [0.25, 0.3) is 0 Å². The van der Waals surface area contributed by atoms with Crippen molar-refractivity contribution in [3.8, 4) is 0 Å². The summed E-state index contributed by atoms with van der Waals surface area (Å²) in [7, 11) is 0. The van der Waals surface area contributed by atoms with Crippen LogP contribution in [0.1, 0.15) is 33.1 Å². The molecule has 0 aromatic rings. The van der Waals surface area contributed by atoms with Crippen molar-refractivity contribution < 1.29 is 9.59 Å². The highest BCUT2D eigenvalue weighted by atomic mass is 16.2. The number of rotatable bonds is 3. The lowest BCUT2D eigenvalue weighted by Gasteiger charge is -2.19. The van der Waals surface area contributed by atoms with Gasteiger partial charge in [0.15, 0.2) is 0 Å². The van der Waals surface area contributed by atoms with Crippen LogP contribution in [-0.4, -0.2) is 29.3 Å². The topological polar surface area (TPSA) is 63.4 Å². The van der Waals surface area contributed by atoms with Gasteiger partial charge in [0.05, 0.1) is 11.8 Å². The lowest BCUT2D eigenvalue weighted by molar-refractivity contribution is -0.140. The van der Waals surface area contributed by atoms with Gasteiger partial charge in [0, 0.05) is 12.6 Å². The van der Waals surface area contributed by atoms with Crippen LogP contribution in [0.4, 0.5) is 0 Å². The number of hydrogen-bond donors (Lipinski definition) is 1. The molecule has 0 bridgehead atoms. The third-order valence-electron chi connectivity index (χ3n) is 3.87. The first-order chi connectivity index (χ1) is 7.54. The summed E-state index contributed by atoms with van der Waals surface area (Å²) >= 11 is 0. The van der Waals surface area contributed by atoms with Crippen molar-refractivity contribution in [2.24, 2.45) is 23.5 Å². The molecule has 16 heavy (non-hydrogen) atoms. The maximum atomic E-state index is 12.0. The van der Waals surface area contributed by atoms with Gasteiger partial charge in [-0.1, -0.05) is 13.3 Å². The molecule has 0 aromatic carbocycles. The van der Waals surface area contributed by atoms with E-state index < -0.39 is 0 Å². The Balaban J connectivity index is 2.10. The summed E-state index contributed by atoms with van der Waals surface area (Å²) in [6, 6.07) is -0.131. The van der Waals surface area contributed by atoms with Crippen LogP contribution in [0.25, 0.3) is 0 Å². The minimum atomic E-state index is -0.131. The van der Waals surface area contributed by atoms with Gasteiger partial charge in [-0.25, -0.2) is 0 Å². The van der Waals surface area contributed by atoms with Crippen LogP contribution in [0.2, 0.25) is 0 Å². The highest BCUT2D eigenvalue weighted by molar-refractivity contribution is 6.05. The van der Waals surface area contributed by atoms with Crippen molar-refractivity contribution in [2.45, 2.75) is 39.2 Å². The molecule has 2 unspecified atom stereocenters. The van der Waals surface area contributed by atoms with Gasteiger partial charge in [-0.2, -0.15) is 0 Å². The van der Waals surface area contributed by atoms with E-state index >= 15 is 0 Å². The Hall–Kier alpha value is -0.900. The summed E-state index contributed by atoms with van der Waals surface area (Å²) in [6.07, 6.45) is 2.85. The predicted octanol–water partition coefficient (Wildman–Crippen LogP) is 0.755. The van der Waals surface area contributed by atoms with Crippen LogP contribution in [0, 0.1) is 17.8 Å². The molecule has 1 aliphatic heterocycles. The molecule has 2 amide bonds. The Bertz CT molecular complexity index is 290. The van der Waals surface area contributed by atoms with Gasteiger partial charge in [-0.3, -0.25) is 14.5 Å². The largest absolute Gasteiger partial charge is 0.326 e. The van der Waals surface area contributed by atoms with Crippen molar-refractivity contribution in [3.63, 3.8) is 0 Å². The molecule has 0 aromatic heterocycles. The minimum Gasteiger partial charge on any atom is -0.326 e. The molecule has 0 spiro atoms. The van der Waals surface area contributed by atoms with E-state index in [1.807, 2.05) is 6.92 Å². The van der Waals surface area contributed by atoms with Crippen LogP contribution in [0.3, 0.4) is 0 Å². The SMILES string of the molecule is CCC1CC2C(=O)N(C[C@@H](C)N)C(=O)C2C1. The standard InChI is InChI=1S/C12H20N2O2/c1-3-8-4-9-10(5-8)12(16)14(11(9)15)6-7(2)13/h7-10H,3-6,13H2,1-2H3/t7-,8?,9?,10?/m1/s1. The number of nitrogens with two attached hydrogens (primary N) is 1. The van der Waals surface area contributed by atoms with Gasteiger partial charge in [0.1, 0.15) is 0 Å². The van der Waals surface area contributed by atoms with Gasteiger partial charge >= 0.3 is 0 Å². The van der Waals surface area contributed by atoms with Crippen molar-refractivity contribution >= 4 is 11.8 Å². The molecule has 2 fully saturated rings. The molecule has 4 nitrogen and oxygen atoms in total. The molecule has 90 valence electrons. The molecule has 1 saturated carbocycles. The molecular formula is C12H20N2O2. The second kappa shape index (κ2) is 4.17. The Labute approximate surface area is 96.2 Å². The number of carbonyl (C=O) groups is 2. The number of nitrogens with zero attached hydrogens (tertiary/aromatic N) is 1. The summed E-state index contributed by atoms with van der Waals surface area (Å²) in [4.78, 5) is 25.5. The Morgan fingerprint density at radius 3 is 2.19 bits per heavy atom. The molecular weight excluding hydrogens is 204 g/mol. The zero-order valence-corrected chi connectivity index (χ0v) is 9.98. The summed E-state index contributed by atoms with van der Waals surface area (Å²) in [5, 5.41) is 0. The average molecular weight is 224 g/mol. The van der Waals surface area contributed by atoms with Crippen LogP contribution in [0.15, 0.2) is 0 Å². The predicted molar refractivity (Wildman–Crippen MR) is 60.4 cm³/mol. The normalized spacial score (nSPS) is 35.7. The third-order valence-corrected chi connectivity index (χ3v) is 3.87. The van der Waals surface area contributed by atoms with E-state index in [0.717, 1.165) is 19.3 Å². The molecule has 1 saturated heterocycles. The maximum absolute atomic E-state index is 12.0. The van der Waals surface area contributed by atoms with Crippen molar-refractivity contribution in [2.75, 3.05) is 6.54 Å². The zero-order chi connectivity index (χ0) is 11.9. The highest BCUT2D eigenvalue weighted by Crippen LogP contribution is 2.44. The summed E-state index contributed by atoms with van der Waals surface area (Å²) in [5.41, 5.74) is 5.65. The second-order valence-corrected chi connectivity index (χ2v) is 5.22. The first-order valence-corrected chi connectivity index (χ1v) is 6.15. The average Bonchev–Trinajstić information content (AvgIpc) is 2.74. The number of amides is 2. The molecule has 2 N–H and O–H groups in total. The highest BCUT2D eigenvalue weighted by Gasteiger charge is 2.52. The van der Waals surface area contributed by atoms with Gasteiger partial charge in [-0.15, -0.1) is 0 Å². The quantitative estimate of drug-likeness (QED) is 0.720. The van der Waals surface area contributed by atoms with E-state index in [-0.39, 0.29) is 29.7 Å². The summed E-state index contributed by atoms with van der Waals surface area (Å²) in [5.74, 6) is 0.499. The molecule has 1 aliphatic carbocycles. The zero-order valence-electron chi connectivity index (χ0n) is 9.98. The Morgan fingerprint density at radius 1 is 1.31 bits per heavy atom. The second-order valence-electron chi connectivity index (χ2n) is 5.22. The van der Waals surface area contributed by atoms with E-state index in [1.165, 1.54) is 4.90 Å². The van der Waals surface area contributed by atoms with Gasteiger partial charge < -0.3 is 5.73 Å². The fraction of sp³-hybridized carbons (Fsp3) is 0.833. The summed E-state index contributed by atoms with van der Waals surface area (Å²) < 4.78 is 0. The van der Waals surface area contributed by atoms with Crippen molar-refractivity contribution in [1.29, 1.82) is 0 Å². The molecule has 2 rings (SSSR count). The lowest BCUT2D eigenvalue weighted by Crippen LogP contribution is -2.40. The molecule has 2 aliphatic rings. The number of imide groups is 1. The van der Waals surface area contributed by atoms with Crippen molar-refractivity contribution in [1.82, 2.24) is 4.90 Å². The van der Waals surface area contributed by atoms with Crippen LogP contribution in [-0.2, 0) is 9.59 Å². The van der Waals surface area contributed by atoms with Crippen LogP contribution in [0.5, 0.6) is 0 Å². The van der Waals surface area contributed by atoms with Crippen molar-refractivity contribution in [3.05, 3.63) is 0 Å². The fourth-order valence-corrected chi connectivity index (χ4v) is 3.00. The Morgan fingerprint density at radius 2 is 1.81 bits per heavy atom. The van der Waals surface area contributed by atoms with Gasteiger partial charge in [-0.05, 0) is 25.7 Å². The van der Waals surface area contributed by atoms with E-state index in [4.69, 9.17) is 5.73 Å². The first-order valence-electron chi connectivity index (χ1n) is 6.15. The molecule has 3 atom stereocenters. The number of carbonyl (C=O) groups excluding carboxylic acids is 2. The Kier molecular flexibility index (Phi) is 3.02.